The summed E-state index contributed by atoms with van der Waals surface area (Å²) in [5, 5.41) is 3.00. The zero-order valence-corrected chi connectivity index (χ0v) is 23.8. The summed E-state index contributed by atoms with van der Waals surface area (Å²) in [6, 6.07) is 20.8. The van der Waals surface area contributed by atoms with Gasteiger partial charge in [-0.25, -0.2) is 8.42 Å². The molecule has 0 aliphatic carbocycles. The van der Waals surface area contributed by atoms with Gasteiger partial charge in [-0.1, -0.05) is 76.9 Å². The van der Waals surface area contributed by atoms with Crippen LogP contribution in [0, 0.1) is 0 Å². The van der Waals surface area contributed by atoms with Crippen molar-refractivity contribution in [3.63, 3.8) is 0 Å². The lowest BCUT2D eigenvalue weighted by Crippen LogP contribution is -2.51. The number of carbonyl (C=O) groups is 2. The molecule has 0 saturated carbocycles. The van der Waals surface area contributed by atoms with Gasteiger partial charge in [0.15, 0.2) is 0 Å². The van der Waals surface area contributed by atoms with Crippen LogP contribution in [0.2, 0.25) is 5.02 Å². The number of hydrogen-bond acceptors (Lipinski definition) is 4. The summed E-state index contributed by atoms with van der Waals surface area (Å²) >= 11 is 9.83. The first-order valence-corrected chi connectivity index (χ1v) is 14.4. The molecular weight excluding hydrogens is 578 g/mol. The topological polar surface area (TPSA) is 86.8 Å². The summed E-state index contributed by atoms with van der Waals surface area (Å²) in [6.45, 7) is 3.61. The van der Waals surface area contributed by atoms with E-state index >= 15 is 0 Å². The van der Waals surface area contributed by atoms with Crippen molar-refractivity contribution in [2.75, 3.05) is 17.4 Å². The molecule has 0 fully saturated rings. The lowest BCUT2D eigenvalue weighted by Gasteiger charge is -2.32. The van der Waals surface area contributed by atoms with Crippen LogP contribution >= 0.6 is 27.5 Å². The number of rotatable bonds is 11. The highest BCUT2D eigenvalue weighted by Gasteiger charge is 2.33. The second-order valence-electron chi connectivity index (χ2n) is 8.39. The Morgan fingerprint density at radius 2 is 1.68 bits per heavy atom. The van der Waals surface area contributed by atoms with Crippen molar-refractivity contribution in [3.05, 3.63) is 93.9 Å². The fraction of sp³-hybridized carbons (Fsp3) is 0.259. The molecule has 3 aromatic rings. The van der Waals surface area contributed by atoms with Gasteiger partial charge in [0.25, 0.3) is 10.0 Å². The van der Waals surface area contributed by atoms with Crippen LogP contribution in [0.15, 0.2) is 88.2 Å². The highest BCUT2D eigenvalue weighted by molar-refractivity contribution is 9.10. The molecule has 37 heavy (non-hydrogen) atoms. The second-order valence-corrected chi connectivity index (χ2v) is 11.6. The Bertz CT molecular complexity index is 1340. The molecular formula is C27H29BrClN3O4S. The smallest absolute Gasteiger partial charge is 0.264 e. The number of benzene rings is 3. The molecule has 0 aliphatic rings. The molecule has 0 unspecified atom stereocenters. The Morgan fingerprint density at radius 3 is 2.32 bits per heavy atom. The van der Waals surface area contributed by atoms with Gasteiger partial charge < -0.3 is 10.2 Å². The molecule has 0 aliphatic heterocycles. The van der Waals surface area contributed by atoms with Crippen LogP contribution in [0.3, 0.4) is 0 Å². The number of nitrogens with one attached hydrogen (secondary N) is 1. The fourth-order valence-corrected chi connectivity index (χ4v) is 5.89. The van der Waals surface area contributed by atoms with Gasteiger partial charge in [0, 0.05) is 17.6 Å². The molecule has 1 N–H and O–H groups in total. The Hall–Kier alpha value is -2.88. The first-order valence-electron chi connectivity index (χ1n) is 11.8. The van der Waals surface area contributed by atoms with E-state index in [1.807, 2.05) is 31.2 Å². The first-order chi connectivity index (χ1) is 17.6. The predicted molar refractivity (Wildman–Crippen MR) is 150 cm³/mol. The molecule has 0 radical (unpaired) electrons. The summed E-state index contributed by atoms with van der Waals surface area (Å²) in [6.07, 6.45) is 0.744. The van der Waals surface area contributed by atoms with Gasteiger partial charge in [0.1, 0.15) is 12.6 Å². The van der Waals surface area contributed by atoms with Crippen LogP contribution in [0.25, 0.3) is 0 Å². The molecule has 2 amide bonds. The largest absolute Gasteiger partial charge is 0.354 e. The summed E-state index contributed by atoms with van der Waals surface area (Å²) in [5.41, 5.74) is 0.958. The molecule has 0 aromatic heterocycles. The third kappa shape index (κ3) is 7.34. The minimum absolute atomic E-state index is 0.0231. The minimum Gasteiger partial charge on any atom is -0.354 e. The second kappa shape index (κ2) is 13.1. The maximum Gasteiger partial charge on any atom is 0.264 e. The Balaban J connectivity index is 2.02. The number of sulfonamides is 1. The quantitative estimate of drug-likeness (QED) is 0.323. The van der Waals surface area contributed by atoms with Gasteiger partial charge >= 0.3 is 0 Å². The van der Waals surface area contributed by atoms with Crippen molar-refractivity contribution in [3.8, 4) is 0 Å². The zero-order chi connectivity index (χ0) is 27.0. The Morgan fingerprint density at radius 1 is 1.00 bits per heavy atom. The lowest BCUT2D eigenvalue weighted by molar-refractivity contribution is -0.139. The lowest BCUT2D eigenvalue weighted by atomic mass is 10.1. The number of carbonyl (C=O) groups excluding carboxylic acids is 2. The standard InChI is InChI=1S/C27H29BrClN3O4S/c1-3-16-30-27(34)20(2)31(18-21-10-9-11-22(28)17-21)26(33)19-32(25-15-8-7-14-24(25)29)37(35,36)23-12-5-4-6-13-23/h4-15,17,20H,3,16,18-19H2,1-2H3,(H,30,34)/t20-/m1/s1. The van der Waals surface area contributed by atoms with E-state index in [0.29, 0.717) is 6.54 Å². The van der Waals surface area contributed by atoms with Crippen LogP contribution in [0.4, 0.5) is 5.69 Å². The molecule has 10 heteroatoms. The molecule has 3 aromatic carbocycles. The maximum atomic E-state index is 13.8. The summed E-state index contributed by atoms with van der Waals surface area (Å²) < 4.78 is 29.2. The normalized spacial score (nSPS) is 12.0. The van der Waals surface area contributed by atoms with Crippen LogP contribution in [0.1, 0.15) is 25.8 Å². The van der Waals surface area contributed by atoms with Crippen LogP contribution in [-0.4, -0.2) is 44.3 Å². The highest BCUT2D eigenvalue weighted by Crippen LogP contribution is 2.30. The maximum absolute atomic E-state index is 13.8. The van der Waals surface area contributed by atoms with Gasteiger partial charge in [-0.2, -0.15) is 0 Å². The van der Waals surface area contributed by atoms with Gasteiger partial charge in [-0.15, -0.1) is 0 Å². The van der Waals surface area contributed by atoms with Gasteiger partial charge in [0.05, 0.1) is 15.6 Å². The monoisotopic (exact) mass is 605 g/mol. The van der Waals surface area contributed by atoms with E-state index in [2.05, 4.69) is 21.2 Å². The van der Waals surface area contributed by atoms with Gasteiger partial charge in [-0.05, 0) is 55.3 Å². The first kappa shape index (κ1) is 28.7. The molecule has 0 heterocycles. The van der Waals surface area contributed by atoms with E-state index in [9.17, 15) is 18.0 Å². The van der Waals surface area contributed by atoms with Crippen molar-refractivity contribution in [1.82, 2.24) is 10.2 Å². The molecule has 1 atom stereocenters. The van der Waals surface area contributed by atoms with E-state index < -0.39 is 28.5 Å². The SMILES string of the molecule is CCCNC(=O)[C@@H](C)N(Cc1cccc(Br)c1)C(=O)CN(c1ccccc1Cl)S(=O)(=O)c1ccccc1. The Kier molecular flexibility index (Phi) is 10.1. The molecule has 7 nitrogen and oxygen atoms in total. The number of hydrogen-bond donors (Lipinski definition) is 1. The van der Waals surface area contributed by atoms with E-state index in [1.54, 1.807) is 49.4 Å². The molecule has 0 saturated heterocycles. The number of anilines is 1. The van der Waals surface area contributed by atoms with Crippen molar-refractivity contribution in [2.24, 2.45) is 0 Å². The number of amides is 2. The predicted octanol–water partition coefficient (Wildman–Crippen LogP) is 5.24. The van der Waals surface area contributed by atoms with E-state index in [1.165, 1.54) is 17.0 Å². The summed E-state index contributed by atoms with van der Waals surface area (Å²) in [7, 11) is -4.15. The average Bonchev–Trinajstić information content (AvgIpc) is 2.89. The van der Waals surface area contributed by atoms with E-state index in [-0.39, 0.29) is 28.1 Å². The van der Waals surface area contributed by atoms with Crippen LogP contribution < -0.4 is 9.62 Å². The summed E-state index contributed by atoms with van der Waals surface area (Å²) in [5.74, 6) is -0.862. The highest BCUT2D eigenvalue weighted by atomic mass is 79.9. The third-order valence-electron chi connectivity index (χ3n) is 5.69. The number of nitrogens with zero attached hydrogens (tertiary/aromatic N) is 2. The van der Waals surface area contributed by atoms with Crippen molar-refractivity contribution in [2.45, 2.75) is 37.8 Å². The molecule has 196 valence electrons. The molecule has 0 spiro atoms. The fourth-order valence-electron chi connectivity index (χ4n) is 3.70. The van der Waals surface area contributed by atoms with E-state index in [0.717, 1.165) is 20.8 Å². The minimum atomic E-state index is -4.15. The van der Waals surface area contributed by atoms with Crippen LogP contribution in [-0.2, 0) is 26.2 Å². The van der Waals surface area contributed by atoms with Crippen molar-refractivity contribution >= 4 is 55.1 Å². The number of halogens is 2. The van der Waals surface area contributed by atoms with Crippen molar-refractivity contribution in [1.29, 1.82) is 0 Å². The van der Waals surface area contributed by atoms with Crippen LogP contribution in [0.5, 0.6) is 0 Å². The third-order valence-corrected chi connectivity index (χ3v) is 8.28. The summed E-state index contributed by atoms with van der Waals surface area (Å²) in [4.78, 5) is 28.1. The number of para-hydroxylation sites is 1. The Labute approximate surface area is 231 Å². The zero-order valence-electron chi connectivity index (χ0n) is 20.6. The molecule has 0 bridgehead atoms. The van der Waals surface area contributed by atoms with Gasteiger partial charge in [0.2, 0.25) is 11.8 Å². The van der Waals surface area contributed by atoms with Crippen molar-refractivity contribution < 1.29 is 18.0 Å². The average molecular weight is 607 g/mol. The molecule has 3 rings (SSSR count). The van der Waals surface area contributed by atoms with Gasteiger partial charge in [-0.3, -0.25) is 13.9 Å². The van der Waals surface area contributed by atoms with E-state index in [4.69, 9.17) is 11.6 Å².